The second-order valence-corrected chi connectivity index (χ2v) is 4.94. The van der Waals surface area contributed by atoms with Gasteiger partial charge in [0.05, 0.1) is 11.9 Å². The first-order valence-electron chi connectivity index (χ1n) is 4.45. The molecule has 0 amide bonds. The molecule has 0 aliphatic carbocycles. The maximum Gasteiger partial charge on any atom is 0.267 e. The van der Waals surface area contributed by atoms with Crippen molar-refractivity contribution in [2.24, 2.45) is 0 Å². The number of sulfonamides is 1. The van der Waals surface area contributed by atoms with Crippen molar-refractivity contribution in [2.75, 3.05) is 4.72 Å². The fourth-order valence-corrected chi connectivity index (χ4v) is 2.03. The molecule has 8 heteroatoms. The minimum atomic E-state index is -3.66. The minimum Gasteiger partial charge on any atom is -0.337 e. The van der Waals surface area contributed by atoms with Crippen molar-refractivity contribution in [2.45, 2.75) is 18.7 Å². The van der Waals surface area contributed by atoms with Crippen LogP contribution in [0.3, 0.4) is 0 Å². The quantitative estimate of drug-likeness (QED) is 0.829. The number of H-pyrrole nitrogens is 1. The molecule has 86 valence electrons. The Kier molecular flexibility index (Phi) is 2.43. The predicted octanol–water partition coefficient (Wildman–Crippen LogP) is 0.815. The summed E-state index contributed by atoms with van der Waals surface area (Å²) < 4.78 is 30.7. The van der Waals surface area contributed by atoms with Crippen molar-refractivity contribution in [1.82, 2.24) is 15.4 Å². The molecule has 0 saturated heterocycles. The van der Waals surface area contributed by atoms with E-state index in [1.165, 1.54) is 12.4 Å². The average Bonchev–Trinajstić information content (AvgIpc) is 2.83. The second-order valence-electron chi connectivity index (χ2n) is 3.26. The van der Waals surface area contributed by atoms with E-state index >= 15 is 0 Å². The molecule has 0 fully saturated rings. The summed E-state index contributed by atoms with van der Waals surface area (Å²) in [6.07, 6.45) is 2.49. The lowest BCUT2D eigenvalue weighted by Crippen LogP contribution is -2.12. The zero-order valence-corrected chi connectivity index (χ0v) is 9.50. The Bertz CT molecular complexity index is 585. The Morgan fingerprint density at radius 1 is 1.44 bits per heavy atom. The fourth-order valence-electron chi connectivity index (χ4n) is 1.08. The number of aromatic nitrogens is 3. The number of hydrogen-bond donors (Lipinski definition) is 2. The molecule has 16 heavy (non-hydrogen) atoms. The molecule has 0 bridgehead atoms. The van der Waals surface area contributed by atoms with E-state index in [9.17, 15) is 8.42 Å². The molecule has 0 radical (unpaired) electrons. The van der Waals surface area contributed by atoms with Crippen molar-refractivity contribution in [3.8, 4) is 0 Å². The highest BCUT2D eigenvalue weighted by Gasteiger charge is 2.19. The van der Waals surface area contributed by atoms with Gasteiger partial charge in [0.15, 0.2) is 0 Å². The van der Waals surface area contributed by atoms with Crippen LogP contribution in [-0.2, 0) is 10.0 Å². The molecule has 0 spiro atoms. The van der Waals surface area contributed by atoms with Gasteiger partial charge in [-0.25, -0.2) is 13.1 Å². The topological polar surface area (TPSA) is 101 Å². The predicted molar refractivity (Wildman–Crippen MR) is 55.4 cm³/mol. The van der Waals surface area contributed by atoms with Gasteiger partial charge in [0.2, 0.25) is 5.88 Å². The smallest absolute Gasteiger partial charge is 0.267 e. The van der Waals surface area contributed by atoms with E-state index < -0.39 is 10.0 Å². The Morgan fingerprint density at radius 3 is 2.69 bits per heavy atom. The maximum atomic E-state index is 11.8. The third-order valence-electron chi connectivity index (χ3n) is 2.17. The number of aryl methyl sites for hydroxylation is 1. The molecule has 0 unspecified atom stereocenters. The van der Waals surface area contributed by atoms with Crippen LogP contribution in [0.15, 0.2) is 21.8 Å². The summed E-state index contributed by atoms with van der Waals surface area (Å²) in [6, 6.07) is 0. The van der Waals surface area contributed by atoms with Gasteiger partial charge < -0.3 is 4.52 Å². The third-order valence-corrected chi connectivity index (χ3v) is 3.47. The van der Waals surface area contributed by atoms with Crippen LogP contribution in [0.1, 0.15) is 11.3 Å². The summed E-state index contributed by atoms with van der Waals surface area (Å²) in [5.41, 5.74) is 1.30. The first-order chi connectivity index (χ1) is 7.50. The van der Waals surface area contributed by atoms with Gasteiger partial charge in [-0.05, 0) is 13.8 Å². The van der Waals surface area contributed by atoms with Crippen molar-refractivity contribution in [3.63, 3.8) is 0 Å². The van der Waals surface area contributed by atoms with E-state index in [0.29, 0.717) is 11.3 Å². The summed E-state index contributed by atoms with van der Waals surface area (Å²) in [4.78, 5) is 0.0425. The Hall–Kier alpha value is -1.83. The molecular formula is C8H10N4O3S. The van der Waals surface area contributed by atoms with E-state index in [1.54, 1.807) is 13.8 Å². The van der Waals surface area contributed by atoms with Crippen molar-refractivity contribution < 1.29 is 12.9 Å². The van der Waals surface area contributed by atoms with E-state index in [2.05, 4.69) is 20.1 Å². The first-order valence-corrected chi connectivity index (χ1v) is 5.93. The molecule has 2 heterocycles. The van der Waals surface area contributed by atoms with Gasteiger partial charge in [-0.15, -0.1) is 0 Å². The molecule has 7 nitrogen and oxygen atoms in total. The molecule has 0 aromatic carbocycles. The third kappa shape index (κ3) is 1.78. The lowest BCUT2D eigenvalue weighted by atomic mass is 10.3. The van der Waals surface area contributed by atoms with Crippen LogP contribution < -0.4 is 4.72 Å². The zero-order chi connectivity index (χ0) is 11.8. The fraction of sp³-hybridized carbons (Fsp3) is 0.250. The van der Waals surface area contributed by atoms with E-state index in [1.807, 2.05) is 0 Å². The second kappa shape index (κ2) is 3.63. The molecule has 2 aromatic heterocycles. The number of rotatable bonds is 3. The lowest BCUT2D eigenvalue weighted by molar-refractivity contribution is 0.430. The number of anilines is 1. The summed E-state index contributed by atoms with van der Waals surface area (Å²) in [5.74, 6) is 0.124. The standard InChI is InChI=1S/C8H10N4O3S/c1-5-6(2)11-15-8(5)12-16(13,14)7-3-9-10-4-7/h3-4,12H,1-2H3,(H,9,10). The van der Waals surface area contributed by atoms with Crippen LogP contribution in [0.25, 0.3) is 0 Å². The highest BCUT2D eigenvalue weighted by molar-refractivity contribution is 7.92. The summed E-state index contributed by atoms with van der Waals surface area (Å²) in [7, 11) is -3.66. The summed E-state index contributed by atoms with van der Waals surface area (Å²) in [6.45, 7) is 3.45. The summed E-state index contributed by atoms with van der Waals surface area (Å²) in [5, 5.41) is 9.65. The largest absolute Gasteiger partial charge is 0.337 e. The number of nitrogens with zero attached hydrogens (tertiary/aromatic N) is 2. The summed E-state index contributed by atoms with van der Waals surface area (Å²) >= 11 is 0. The molecule has 2 N–H and O–H groups in total. The molecule has 2 aromatic rings. The van der Waals surface area contributed by atoms with E-state index in [-0.39, 0.29) is 10.8 Å². The monoisotopic (exact) mass is 242 g/mol. The zero-order valence-electron chi connectivity index (χ0n) is 8.68. The van der Waals surface area contributed by atoms with Crippen LogP contribution in [0.4, 0.5) is 5.88 Å². The van der Waals surface area contributed by atoms with Crippen LogP contribution >= 0.6 is 0 Å². The number of nitrogens with one attached hydrogen (secondary N) is 2. The normalized spacial score (nSPS) is 11.6. The molecular weight excluding hydrogens is 232 g/mol. The van der Waals surface area contributed by atoms with Gasteiger partial charge in [-0.3, -0.25) is 5.10 Å². The Balaban J connectivity index is 2.32. The van der Waals surface area contributed by atoms with Crippen LogP contribution in [0.5, 0.6) is 0 Å². The van der Waals surface area contributed by atoms with E-state index in [0.717, 1.165) is 0 Å². The van der Waals surface area contributed by atoms with Gasteiger partial charge in [-0.1, -0.05) is 5.16 Å². The highest BCUT2D eigenvalue weighted by atomic mass is 32.2. The maximum absolute atomic E-state index is 11.8. The Labute approximate surface area is 91.9 Å². The number of aromatic amines is 1. The van der Waals surface area contributed by atoms with Gasteiger partial charge in [-0.2, -0.15) is 5.10 Å². The van der Waals surface area contributed by atoms with Crippen molar-refractivity contribution >= 4 is 15.9 Å². The van der Waals surface area contributed by atoms with Gasteiger partial charge in [0.25, 0.3) is 10.0 Å². The van der Waals surface area contributed by atoms with Crippen LogP contribution in [0, 0.1) is 13.8 Å². The van der Waals surface area contributed by atoms with Gasteiger partial charge in [0, 0.05) is 11.8 Å². The lowest BCUT2D eigenvalue weighted by Gasteiger charge is -2.02. The van der Waals surface area contributed by atoms with Crippen molar-refractivity contribution in [1.29, 1.82) is 0 Å². The molecule has 0 aliphatic rings. The van der Waals surface area contributed by atoms with Gasteiger partial charge in [0.1, 0.15) is 4.90 Å². The SMILES string of the molecule is Cc1noc(NS(=O)(=O)c2cn[nH]c2)c1C. The average molecular weight is 242 g/mol. The highest BCUT2D eigenvalue weighted by Crippen LogP contribution is 2.20. The van der Waals surface area contributed by atoms with Gasteiger partial charge >= 0.3 is 0 Å². The molecule has 0 aliphatic heterocycles. The number of hydrogen-bond acceptors (Lipinski definition) is 5. The molecule has 0 saturated carbocycles. The van der Waals surface area contributed by atoms with Crippen LogP contribution in [0.2, 0.25) is 0 Å². The van der Waals surface area contributed by atoms with Crippen LogP contribution in [-0.4, -0.2) is 23.8 Å². The van der Waals surface area contributed by atoms with E-state index in [4.69, 9.17) is 4.52 Å². The molecule has 2 rings (SSSR count). The molecule has 0 atom stereocenters. The first kappa shape index (κ1) is 10.7. The van der Waals surface area contributed by atoms with Crippen molar-refractivity contribution in [3.05, 3.63) is 23.7 Å². The Morgan fingerprint density at radius 2 is 2.19 bits per heavy atom. The minimum absolute atomic E-state index is 0.0425.